The van der Waals surface area contributed by atoms with E-state index in [0.29, 0.717) is 17.9 Å². The molecule has 3 fully saturated rings. The minimum absolute atomic E-state index is 0.194. The van der Waals surface area contributed by atoms with Crippen LogP contribution in [0.15, 0.2) is 0 Å². The summed E-state index contributed by atoms with van der Waals surface area (Å²) in [4.78, 5) is 17.5. The molecular formula is C18H34N4O. The molecule has 5 nitrogen and oxygen atoms in total. The largest absolute Gasteiger partial charge is 0.352 e. The summed E-state index contributed by atoms with van der Waals surface area (Å²) >= 11 is 0. The van der Waals surface area contributed by atoms with Crippen LogP contribution in [0.3, 0.4) is 0 Å². The van der Waals surface area contributed by atoms with Crippen molar-refractivity contribution in [1.82, 2.24) is 15.1 Å². The van der Waals surface area contributed by atoms with Gasteiger partial charge in [0.1, 0.15) is 0 Å². The highest BCUT2D eigenvalue weighted by Crippen LogP contribution is 2.41. The molecule has 23 heavy (non-hydrogen) atoms. The number of nitrogens with zero attached hydrogens (tertiary/aromatic N) is 2. The number of nitrogens with two attached hydrogens (primary N) is 1. The Bertz CT molecular complexity index is 394. The fourth-order valence-electron chi connectivity index (χ4n) is 4.83. The molecular weight excluding hydrogens is 288 g/mol. The van der Waals surface area contributed by atoms with Crippen LogP contribution in [-0.2, 0) is 4.79 Å². The van der Waals surface area contributed by atoms with Crippen LogP contribution in [0.1, 0.15) is 39.0 Å². The van der Waals surface area contributed by atoms with E-state index in [2.05, 4.69) is 29.1 Å². The number of likely N-dealkylation sites (N-methyl/N-ethyl adjacent to an activating group) is 1. The van der Waals surface area contributed by atoms with Gasteiger partial charge in [-0.05, 0) is 51.5 Å². The monoisotopic (exact) mass is 322 g/mol. The molecule has 132 valence electrons. The van der Waals surface area contributed by atoms with Crippen LogP contribution in [0.25, 0.3) is 0 Å². The Morgan fingerprint density at radius 3 is 2.39 bits per heavy atom. The van der Waals surface area contributed by atoms with E-state index in [1.165, 1.54) is 19.3 Å². The molecule has 1 heterocycles. The number of carbonyl (C=O) groups is 1. The molecule has 0 aromatic carbocycles. The molecule has 1 amide bonds. The van der Waals surface area contributed by atoms with Gasteiger partial charge >= 0.3 is 0 Å². The Kier molecular flexibility index (Phi) is 5.60. The maximum Gasteiger partial charge on any atom is 0.223 e. The summed E-state index contributed by atoms with van der Waals surface area (Å²) in [5, 5.41) is 3.28. The van der Waals surface area contributed by atoms with Gasteiger partial charge in [-0.1, -0.05) is 6.42 Å². The number of amides is 1. The number of hydrogen-bond acceptors (Lipinski definition) is 4. The van der Waals surface area contributed by atoms with Crippen molar-refractivity contribution in [1.29, 1.82) is 0 Å². The van der Waals surface area contributed by atoms with E-state index in [4.69, 9.17) is 5.73 Å². The average molecular weight is 322 g/mol. The first-order valence-electron chi connectivity index (χ1n) is 9.49. The Morgan fingerprint density at radius 1 is 1.17 bits per heavy atom. The SMILES string of the molecule is CC(CN1CCN(C)CC1)NC(=O)C1CC2CCCC(C1)C2N. The third-order valence-electron chi connectivity index (χ3n) is 6.30. The molecule has 0 aromatic heterocycles. The van der Waals surface area contributed by atoms with E-state index in [1.54, 1.807) is 0 Å². The summed E-state index contributed by atoms with van der Waals surface area (Å²) in [6.45, 7) is 7.59. The molecule has 2 saturated carbocycles. The molecule has 3 atom stereocenters. The van der Waals surface area contributed by atoms with Gasteiger partial charge in [0.25, 0.3) is 0 Å². The Morgan fingerprint density at radius 2 is 1.78 bits per heavy atom. The minimum Gasteiger partial charge on any atom is -0.352 e. The highest BCUT2D eigenvalue weighted by Gasteiger charge is 2.40. The quantitative estimate of drug-likeness (QED) is 0.807. The summed E-state index contributed by atoms with van der Waals surface area (Å²) < 4.78 is 0. The van der Waals surface area contributed by atoms with E-state index < -0.39 is 0 Å². The van der Waals surface area contributed by atoms with Crippen molar-refractivity contribution < 1.29 is 4.79 Å². The first-order chi connectivity index (χ1) is 11.0. The zero-order chi connectivity index (χ0) is 16.4. The van der Waals surface area contributed by atoms with E-state index in [-0.39, 0.29) is 17.9 Å². The normalized spacial score (nSPS) is 37.3. The van der Waals surface area contributed by atoms with Crippen LogP contribution in [0, 0.1) is 17.8 Å². The van der Waals surface area contributed by atoms with E-state index >= 15 is 0 Å². The first-order valence-corrected chi connectivity index (χ1v) is 9.49. The van der Waals surface area contributed by atoms with Gasteiger partial charge in [0.05, 0.1) is 0 Å². The van der Waals surface area contributed by atoms with E-state index in [9.17, 15) is 4.79 Å². The predicted octanol–water partition coefficient (Wildman–Crippen LogP) is 0.892. The zero-order valence-electron chi connectivity index (χ0n) is 14.8. The smallest absolute Gasteiger partial charge is 0.223 e. The van der Waals surface area contributed by atoms with Crippen LogP contribution >= 0.6 is 0 Å². The fourth-order valence-corrected chi connectivity index (χ4v) is 4.83. The number of nitrogens with one attached hydrogen (secondary N) is 1. The topological polar surface area (TPSA) is 61.6 Å². The van der Waals surface area contributed by atoms with Crippen LogP contribution in [0.2, 0.25) is 0 Å². The summed E-state index contributed by atoms with van der Waals surface area (Å²) in [6.07, 6.45) is 5.75. The van der Waals surface area contributed by atoms with Crippen LogP contribution in [-0.4, -0.2) is 67.6 Å². The van der Waals surface area contributed by atoms with Crippen molar-refractivity contribution in [2.24, 2.45) is 23.5 Å². The lowest BCUT2D eigenvalue weighted by molar-refractivity contribution is -0.128. The average Bonchev–Trinajstić information content (AvgIpc) is 2.49. The second-order valence-corrected chi connectivity index (χ2v) is 8.21. The van der Waals surface area contributed by atoms with Crippen molar-refractivity contribution in [2.75, 3.05) is 39.8 Å². The number of hydrogen-bond donors (Lipinski definition) is 2. The molecule has 3 aliphatic rings. The summed E-state index contributed by atoms with van der Waals surface area (Å²) in [5.74, 6) is 1.62. The maximum atomic E-state index is 12.7. The molecule has 0 radical (unpaired) electrons. The van der Waals surface area contributed by atoms with Gasteiger partial charge in [-0.15, -0.1) is 0 Å². The van der Waals surface area contributed by atoms with Gasteiger partial charge < -0.3 is 16.0 Å². The van der Waals surface area contributed by atoms with Gasteiger partial charge in [0, 0.05) is 50.7 Å². The molecule has 5 heteroatoms. The van der Waals surface area contributed by atoms with Gasteiger partial charge in [-0.2, -0.15) is 0 Å². The summed E-state index contributed by atoms with van der Waals surface area (Å²) in [7, 11) is 2.17. The predicted molar refractivity (Wildman–Crippen MR) is 93.1 cm³/mol. The molecule has 2 aliphatic carbocycles. The highest BCUT2D eigenvalue weighted by atomic mass is 16.1. The summed E-state index contributed by atoms with van der Waals surface area (Å²) in [6, 6.07) is 0.580. The standard InChI is InChI=1S/C18H34N4O/c1-13(12-22-8-6-21(2)7-9-22)20-18(23)16-10-14-4-3-5-15(11-16)17(14)19/h13-17H,3-12,19H2,1-2H3,(H,20,23). The molecule has 1 aliphatic heterocycles. The van der Waals surface area contributed by atoms with Gasteiger partial charge in [0.15, 0.2) is 0 Å². The lowest BCUT2D eigenvalue weighted by Crippen LogP contribution is -2.52. The molecule has 0 spiro atoms. The Hall–Kier alpha value is -0.650. The lowest BCUT2D eigenvalue weighted by atomic mass is 9.65. The Balaban J connectivity index is 1.45. The third-order valence-corrected chi connectivity index (χ3v) is 6.30. The van der Waals surface area contributed by atoms with Crippen LogP contribution in [0.4, 0.5) is 0 Å². The summed E-state index contributed by atoms with van der Waals surface area (Å²) in [5.41, 5.74) is 6.34. The number of piperazine rings is 1. The zero-order valence-corrected chi connectivity index (χ0v) is 14.8. The van der Waals surface area contributed by atoms with Crippen molar-refractivity contribution in [2.45, 2.75) is 51.1 Å². The van der Waals surface area contributed by atoms with Crippen molar-refractivity contribution in [3.63, 3.8) is 0 Å². The maximum absolute atomic E-state index is 12.7. The van der Waals surface area contributed by atoms with Gasteiger partial charge in [-0.3, -0.25) is 9.69 Å². The Labute approximate surface area is 140 Å². The number of rotatable bonds is 4. The fraction of sp³-hybridized carbons (Fsp3) is 0.944. The molecule has 3 rings (SSSR count). The van der Waals surface area contributed by atoms with E-state index in [0.717, 1.165) is 45.6 Å². The second-order valence-electron chi connectivity index (χ2n) is 8.21. The second kappa shape index (κ2) is 7.49. The first kappa shape index (κ1) is 17.2. The number of fused-ring (bicyclic) bond motifs is 2. The van der Waals surface area contributed by atoms with Crippen LogP contribution < -0.4 is 11.1 Å². The molecule has 3 unspecified atom stereocenters. The van der Waals surface area contributed by atoms with Crippen molar-refractivity contribution in [3.8, 4) is 0 Å². The van der Waals surface area contributed by atoms with E-state index in [1.807, 2.05) is 0 Å². The van der Waals surface area contributed by atoms with Crippen molar-refractivity contribution >= 4 is 5.91 Å². The molecule has 2 bridgehead atoms. The lowest BCUT2D eigenvalue weighted by Gasteiger charge is -2.43. The highest BCUT2D eigenvalue weighted by molar-refractivity contribution is 5.79. The molecule has 1 saturated heterocycles. The molecule has 0 aromatic rings. The van der Waals surface area contributed by atoms with Gasteiger partial charge in [-0.25, -0.2) is 0 Å². The third kappa shape index (κ3) is 4.25. The van der Waals surface area contributed by atoms with Crippen LogP contribution in [0.5, 0.6) is 0 Å². The van der Waals surface area contributed by atoms with Gasteiger partial charge in [0.2, 0.25) is 5.91 Å². The minimum atomic E-state index is 0.194. The molecule has 3 N–H and O–H groups in total. The number of carbonyl (C=O) groups excluding carboxylic acids is 1. The van der Waals surface area contributed by atoms with Crippen molar-refractivity contribution in [3.05, 3.63) is 0 Å².